The van der Waals surface area contributed by atoms with Gasteiger partial charge in [0.2, 0.25) is 0 Å². The second-order valence-corrected chi connectivity index (χ2v) is 6.04. The molecule has 2 rings (SSSR count). The van der Waals surface area contributed by atoms with E-state index in [1.165, 1.54) is 5.56 Å². The Morgan fingerprint density at radius 3 is 2.70 bits per heavy atom. The van der Waals surface area contributed by atoms with Gasteiger partial charge < -0.3 is 19.5 Å². The third kappa shape index (κ3) is 3.81. The zero-order valence-electron chi connectivity index (χ0n) is 12.3. The van der Waals surface area contributed by atoms with E-state index in [0.29, 0.717) is 5.25 Å². The van der Waals surface area contributed by atoms with E-state index in [1.54, 1.807) is 14.2 Å². The molecule has 1 unspecified atom stereocenters. The summed E-state index contributed by atoms with van der Waals surface area (Å²) < 4.78 is 16.0. The minimum absolute atomic E-state index is 0.284. The molecule has 1 aromatic carbocycles. The molecular formula is C15H23NO3S. The van der Waals surface area contributed by atoms with Crippen molar-refractivity contribution in [2.24, 2.45) is 0 Å². The highest BCUT2D eigenvalue weighted by Crippen LogP contribution is 2.32. The molecule has 4 nitrogen and oxygen atoms in total. The minimum atomic E-state index is 0.284. The summed E-state index contributed by atoms with van der Waals surface area (Å²) in [4.78, 5) is 0. The third-order valence-electron chi connectivity index (χ3n) is 3.37. The van der Waals surface area contributed by atoms with Gasteiger partial charge >= 0.3 is 0 Å². The van der Waals surface area contributed by atoms with Crippen LogP contribution in [0.1, 0.15) is 18.5 Å². The van der Waals surface area contributed by atoms with Gasteiger partial charge in [0.1, 0.15) is 11.5 Å². The second kappa shape index (κ2) is 7.76. The monoisotopic (exact) mass is 297 g/mol. The van der Waals surface area contributed by atoms with Crippen molar-refractivity contribution in [1.29, 1.82) is 0 Å². The zero-order chi connectivity index (χ0) is 14.4. The molecule has 5 heteroatoms. The van der Waals surface area contributed by atoms with Crippen molar-refractivity contribution >= 4 is 11.8 Å². The SMILES string of the molecule is CCNC(CSC1COC1)c1ccc(OC)cc1OC. The smallest absolute Gasteiger partial charge is 0.127 e. The molecule has 1 aliphatic rings. The van der Waals surface area contributed by atoms with Crippen molar-refractivity contribution in [3.8, 4) is 11.5 Å². The largest absolute Gasteiger partial charge is 0.497 e. The number of nitrogens with one attached hydrogen (secondary N) is 1. The Kier molecular flexibility index (Phi) is 6.01. The molecule has 0 bridgehead atoms. The van der Waals surface area contributed by atoms with Crippen LogP contribution < -0.4 is 14.8 Å². The Labute approximate surface area is 125 Å². The molecule has 1 fully saturated rings. The average Bonchev–Trinajstić information content (AvgIpc) is 2.44. The van der Waals surface area contributed by atoms with Crippen molar-refractivity contribution < 1.29 is 14.2 Å². The standard InChI is InChI=1S/C15H23NO3S/c1-4-16-14(10-20-12-8-19-9-12)13-6-5-11(17-2)7-15(13)18-3/h5-7,12,14,16H,4,8-10H2,1-3H3. The molecule has 0 aromatic heterocycles. The first-order valence-corrected chi connectivity index (χ1v) is 7.98. The molecule has 0 aliphatic carbocycles. The van der Waals surface area contributed by atoms with Crippen LogP contribution in [0.2, 0.25) is 0 Å². The first-order chi connectivity index (χ1) is 9.78. The molecule has 0 spiro atoms. The summed E-state index contributed by atoms with van der Waals surface area (Å²) in [5.74, 6) is 2.71. The Hall–Kier alpha value is -0.910. The summed E-state index contributed by atoms with van der Waals surface area (Å²) >= 11 is 1.96. The number of thioether (sulfide) groups is 1. The zero-order valence-corrected chi connectivity index (χ0v) is 13.2. The van der Waals surface area contributed by atoms with Gasteiger partial charge in [-0.25, -0.2) is 0 Å². The number of hydrogen-bond donors (Lipinski definition) is 1. The van der Waals surface area contributed by atoms with E-state index in [1.807, 2.05) is 23.9 Å². The Bertz CT molecular complexity index is 424. The maximum atomic E-state index is 5.51. The summed E-state index contributed by atoms with van der Waals surface area (Å²) in [6.07, 6.45) is 0. The lowest BCUT2D eigenvalue weighted by atomic mass is 10.1. The fourth-order valence-electron chi connectivity index (χ4n) is 2.15. The van der Waals surface area contributed by atoms with Gasteiger partial charge in [0.25, 0.3) is 0 Å². The molecule has 0 amide bonds. The van der Waals surface area contributed by atoms with Crippen LogP contribution in [-0.2, 0) is 4.74 Å². The summed E-state index contributed by atoms with van der Waals surface area (Å²) in [7, 11) is 3.37. The molecule has 0 saturated carbocycles. The van der Waals surface area contributed by atoms with Crippen LogP contribution in [0, 0.1) is 0 Å². The lowest BCUT2D eigenvalue weighted by molar-refractivity contribution is 0.0455. The van der Waals surface area contributed by atoms with E-state index in [9.17, 15) is 0 Å². The lowest BCUT2D eigenvalue weighted by Crippen LogP contribution is -2.32. The number of benzene rings is 1. The Morgan fingerprint density at radius 2 is 2.15 bits per heavy atom. The first kappa shape index (κ1) is 15.5. The molecule has 0 radical (unpaired) electrons. The van der Waals surface area contributed by atoms with Crippen LogP contribution in [0.3, 0.4) is 0 Å². The fourth-order valence-corrected chi connectivity index (χ4v) is 3.30. The molecule has 1 aliphatic heterocycles. The molecule has 1 saturated heterocycles. The molecule has 1 aromatic rings. The van der Waals surface area contributed by atoms with Crippen LogP contribution in [0.15, 0.2) is 18.2 Å². The van der Waals surface area contributed by atoms with Crippen LogP contribution in [0.25, 0.3) is 0 Å². The molecule has 1 atom stereocenters. The van der Waals surface area contributed by atoms with E-state index in [4.69, 9.17) is 14.2 Å². The minimum Gasteiger partial charge on any atom is -0.497 e. The summed E-state index contributed by atoms with van der Waals surface area (Å²) in [5.41, 5.74) is 1.18. The van der Waals surface area contributed by atoms with Gasteiger partial charge in [-0.05, 0) is 12.6 Å². The van der Waals surface area contributed by atoms with Crippen LogP contribution in [0.4, 0.5) is 0 Å². The topological polar surface area (TPSA) is 39.7 Å². The summed E-state index contributed by atoms with van der Waals surface area (Å²) in [6.45, 7) is 4.81. The highest BCUT2D eigenvalue weighted by molar-refractivity contribution is 8.00. The molecule has 1 heterocycles. The van der Waals surface area contributed by atoms with Crippen LogP contribution >= 0.6 is 11.8 Å². The highest BCUT2D eigenvalue weighted by atomic mass is 32.2. The van der Waals surface area contributed by atoms with Gasteiger partial charge in [0.15, 0.2) is 0 Å². The van der Waals surface area contributed by atoms with E-state index in [2.05, 4.69) is 18.3 Å². The predicted octanol–water partition coefficient (Wildman–Crippen LogP) is 2.49. The molecular weight excluding hydrogens is 274 g/mol. The van der Waals surface area contributed by atoms with Gasteiger partial charge in [-0.15, -0.1) is 0 Å². The van der Waals surface area contributed by atoms with Crippen LogP contribution in [0.5, 0.6) is 11.5 Å². The number of rotatable bonds is 8. The highest BCUT2D eigenvalue weighted by Gasteiger charge is 2.22. The van der Waals surface area contributed by atoms with Crippen molar-refractivity contribution in [2.45, 2.75) is 18.2 Å². The summed E-state index contributed by atoms with van der Waals surface area (Å²) in [5, 5.41) is 4.17. The van der Waals surface area contributed by atoms with Crippen LogP contribution in [-0.4, -0.2) is 45.0 Å². The number of ether oxygens (including phenoxy) is 3. The normalized spacial score (nSPS) is 16.6. The van der Waals surface area contributed by atoms with E-state index in [0.717, 1.165) is 37.0 Å². The summed E-state index contributed by atoms with van der Waals surface area (Å²) in [6, 6.07) is 6.30. The molecule has 112 valence electrons. The maximum absolute atomic E-state index is 5.51. The van der Waals surface area contributed by atoms with E-state index < -0.39 is 0 Å². The second-order valence-electron chi connectivity index (χ2n) is 4.71. The van der Waals surface area contributed by atoms with Crippen molar-refractivity contribution in [3.63, 3.8) is 0 Å². The number of hydrogen-bond acceptors (Lipinski definition) is 5. The van der Waals surface area contributed by atoms with E-state index >= 15 is 0 Å². The van der Waals surface area contributed by atoms with Gasteiger partial charge in [0, 0.05) is 23.4 Å². The van der Waals surface area contributed by atoms with Gasteiger partial charge in [-0.1, -0.05) is 13.0 Å². The third-order valence-corrected chi connectivity index (χ3v) is 4.64. The lowest BCUT2D eigenvalue weighted by Gasteiger charge is -2.28. The maximum Gasteiger partial charge on any atom is 0.127 e. The first-order valence-electron chi connectivity index (χ1n) is 6.93. The molecule has 1 N–H and O–H groups in total. The van der Waals surface area contributed by atoms with Gasteiger partial charge in [0.05, 0.1) is 32.7 Å². The predicted molar refractivity (Wildman–Crippen MR) is 83.0 cm³/mol. The Balaban J connectivity index is 2.09. The van der Waals surface area contributed by atoms with Crippen molar-refractivity contribution in [2.75, 3.05) is 39.7 Å². The number of methoxy groups -OCH3 is 2. The fraction of sp³-hybridized carbons (Fsp3) is 0.600. The van der Waals surface area contributed by atoms with Crippen molar-refractivity contribution in [1.82, 2.24) is 5.32 Å². The van der Waals surface area contributed by atoms with Gasteiger partial charge in [-0.2, -0.15) is 11.8 Å². The average molecular weight is 297 g/mol. The molecule has 20 heavy (non-hydrogen) atoms. The van der Waals surface area contributed by atoms with Crippen molar-refractivity contribution in [3.05, 3.63) is 23.8 Å². The Morgan fingerprint density at radius 1 is 1.35 bits per heavy atom. The van der Waals surface area contributed by atoms with Gasteiger partial charge in [-0.3, -0.25) is 0 Å². The van der Waals surface area contributed by atoms with E-state index in [-0.39, 0.29) is 6.04 Å². The quantitative estimate of drug-likeness (QED) is 0.798.